The van der Waals surface area contributed by atoms with Gasteiger partial charge in [0, 0.05) is 57.2 Å². The van der Waals surface area contributed by atoms with Crippen molar-refractivity contribution in [1.29, 1.82) is 0 Å². The first-order valence-corrected chi connectivity index (χ1v) is 21.2. The first kappa shape index (κ1) is 40.5. The van der Waals surface area contributed by atoms with Gasteiger partial charge in [-0.05, 0) is 92.3 Å². The molecule has 2 heterocycles. The fourth-order valence-corrected chi connectivity index (χ4v) is 10.8. The van der Waals surface area contributed by atoms with E-state index in [1.807, 2.05) is 74.7 Å². The van der Waals surface area contributed by atoms with Gasteiger partial charge in [-0.2, -0.15) is 47.0 Å². The van der Waals surface area contributed by atoms with Crippen molar-refractivity contribution in [2.45, 2.75) is 63.6 Å². The van der Waals surface area contributed by atoms with Gasteiger partial charge in [0.05, 0.1) is 19.8 Å². The van der Waals surface area contributed by atoms with Crippen LogP contribution in [0.4, 0.5) is 0 Å². The molecule has 2 aromatic rings. The molecule has 2 aromatic carbocycles. The Morgan fingerprint density at radius 3 is 1.80 bits per heavy atom. The van der Waals surface area contributed by atoms with E-state index in [0.29, 0.717) is 29.5 Å². The van der Waals surface area contributed by atoms with E-state index in [1.165, 1.54) is 5.75 Å². The van der Waals surface area contributed by atoms with Gasteiger partial charge >= 0.3 is 11.9 Å². The van der Waals surface area contributed by atoms with Gasteiger partial charge in [0.25, 0.3) is 0 Å². The zero-order valence-corrected chi connectivity index (χ0v) is 33.0. The zero-order valence-electron chi connectivity index (χ0n) is 29.7. The highest BCUT2D eigenvalue weighted by atomic mass is 32.2. The SMILES string of the molecule is C=CC(=O)OC(COCC1CSCCS1)COc1c(C)cc(-c2cc(C)c(OC(OCC3CSCCS3)C(C)OC(=O)C=C)c(C)c2)cc1C. The number of rotatable bonds is 18. The van der Waals surface area contributed by atoms with Crippen LogP contribution < -0.4 is 9.47 Å². The van der Waals surface area contributed by atoms with E-state index in [2.05, 4.69) is 37.4 Å². The molecule has 4 rings (SSSR count). The second-order valence-corrected chi connectivity index (χ2v) is 17.4. The van der Waals surface area contributed by atoms with Crippen LogP contribution in [0.15, 0.2) is 49.6 Å². The van der Waals surface area contributed by atoms with E-state index >= 15 is 0 Å². The van der Waals surface area contributed by atoms with Crippen LogP contribution in [-0.4, -0.2) is 102 Å². The largest absolute Gasteiger partial charge is 0.489 e. The van der Waals surface area contributed by atoms with Crippen LogP contribution in [0.1, 0.15) is 29.2 Å². The first-order valence-electron chi connectivity index (χ1n) is 16.8. The minimum atomic E-state index is -0.777. The highest BCUT2D eigenvalue weighted by molar-refractivity contribution is 8.07. The molecule has 0 radical (unpaired) electrons. The van der Waals surface area contributed by atoms with Crippen molar-refractivity contribution in [1.82, 2.24) is 0 Å². The van der Waals surface area contributed by atoms with E-state index in [1.54, 1.807) is 6.92 Å². The molecule has 0 aromatic heterocycles. The van der Waals surface area contributed by atoms with E-state index in [-0.39, 0.29) is 13.2 Å². The molecule has 0 saturated carbocycles. The summed E-state index contributed by atoms with van der Waals surface area (Å²) in [5, 5.41) is 0.802. The summed E-state index contributed by atoms with van der Waals surface area (Å²) in [7, 11) is 0. The van der Waals surface area contributed by atoms with Crippen LogP contribution in [0.3, 0.4) is 0 Å². The predicted molar refractivity (Wildman–Crippen MR) is 210 cm³/mol. The minimum Gasteiger partial charge on any atom is -0.489 e. The summed E-state index contributed by atoms with van der Waals surface area (Å²) in [5.41, 5.74) is 5.88. The Kier molecular flexibility index (Phi) is 16.8. The van der Waals surface area contributed by atoms with Crippen LogP contribution in [0, 0.1) is 27.7 Å². The summed E-state index contributed by atoms with van der Waals surface area (Å²) >= 11 is 7.70. The van der Waals surface area contributed by atoms with E-state index in [4.69, 9.17) is 28.4 Å². The molecular weight excluding hydrogens is 713 g/mol. The third-order valence-corrected chi connectivity index (χ3v) is 13.7. The molecule has 2 fully saturated rings. The molecule has 0 spiro atoms. The quantitative estimate of drug-likeness (QED) is 0.0851. The first-order chi connectivity index (χ1) is 24.1. The number of carbonyl (C=O) groups excluding carboxylic acids is 2. The summed E-state index contributed by atoms with van der Waals surface area (Å²) in [6.07, 6.45) is 0.330. The zero-order chi connectivity index (χ0) is 36.0. The number of hydrogen-bond donors (Lipinski definition) is 0. The number of thioether (sulfide) groups is 4. The van der Waals surface area contributed by atoms with E-state index in [9.17, 15) is 9.59 Å². The molecule has 50 heavy (non-hydrogen) atoms. The Morgan fingerprint density at radius 2 is 1.28 bits per heavy atom. The lowest BCUT2D eigenvalue weighted by molar-refractivity contribution is -0.173. The molecule has 12 heteroatoms. The average molecular weight is 763 g/mol. The van der Waals surface area contributed by atoms with Gasteiger partial charge in [0.2, 0.25) is 6.29 Å². The van der Waals surface area contributed by atoms with E-state index < -0.39 is 30.4 Å². The van der Waals surface area contributed by atoms with Crippen LogP contribution in [0.25, 0.3) is 11.1 Å². The number of hydrogen-bond acceptors (Lipinski definition) is 12. The maximum Gasteiger partial charge on any atom is 0.330 e. The van der Waals surface area contributed by atoms with Crippen molar-refractivity contribution in [3.63, 3.8) is 0 Å². The molecule has 0 amide bonds. The van der Waals surface area contributed by atoms with Crippen molar-refractivity contribution in [2.24, 2.45) is 0 Å². The Morgan fingerprint density at radius 1 is 0.760 bits per heavy atom. The van der Waals surface area contributed by atoms with Gasteiger partial charge in [-0.25, -0.2) is 9.59 Å². The van der Waals surface area contributed by atoms with Crippen molar-refractivity contribution >= 4 is 59.0 Å². The van der Waals surface area contributed by atoms with Crippen LogP contribution in [0.5, 0.6) is 11.5 Å². The molecule has 0 bridgehead atoms. The van der Waals surface area contributed by atoms with Crippen LogP contribution in [0.2, 0.25) is 0 Å². The molecule has 8 nitrogen and oxygen atoms in total. The number of ether oxygens (including phenoxy) is 6. The van der Waals surface area contributed by atoms with Gasteiger partial charge in [0.1, 0.15) is 18.1 Å². The van der Waals surface area contributed by atoms with Crippen LogP contribution >= 0.6 is 47.0 Å². The maximum atomic E-state index is 12.1. The lowest BCUT2D eigenvalue weighted by atomic mass is 9.96. The molecular formula is C38H50O8S4. The van der Waals surface area contributed by atoms with Crippen molar-refractivity contribution in [2.75, 3.05) is 60.9 Å². The molecule has 5 atom stereocenters. The summed E-state index contributed by atoms with van der Waals surface area (Å²) in [6, 6.07) is 8.37. The summed E-state index contributed by atoms with van der Waals surface area (Å²) in [6.45, 7) is 18.4. The molecule has 0 N–H and O–H groups in total. The number of aryl methyl sites for hydroxylation is 4. The highest BCUT2D eigenvalue weighted by Gasteiger charge is 2.27. The van der Waals surface area contributed by atoms with Gasteiger partial charge < -0.3 is 28.4 Å². The standard InChI is InChI=1S/C38H50O8S4/c1-8-34(39)44-28(7)38(43-21-33-23-48-11-13-50-33)46-37-26(5)16-30(17-27(37)6)29-14-24(3)36(25(4)15-29)42-19-31(45-35(40)9-2)18-41-20-32-22-47-10-12-49-32/h8-9,14-17,28,31-33,38H,1-2,10-13,18-23H2,3-7H3. The van der Waals surface area contributed by atoms with Crippen molar-refractivity contribution in [3.05, 3.63) is 71.8 Å². The fourth-order valence-electron chi connectivity index (χ4n) is 5.62. The molecule has 2 aliphatic heterocycles. The normalized spacial score (nSPS) is 19.5. The Hall–Kier alpha value is -2.22. The van der Waals surface area contributed by atoms with Gasteiger partial charge in [-0.3, -0.25) is 0 Å². The Bertz CT molecular complexity index is 1410. The Balaban J connectivity index is 1.45. The number of esters is 2. The monoisotopic (exact) mass is 762 g/mol. The predicted octanol–water partition coefficient (Wildman–Crippen LogP) is 7.62. The van der Waals surface area contributed by atoms with Gasteiger partial charge in [-0.1, -0.05) is 13.2 Å². The molecule has 0 aliphatic carbocycles. The van der Waals surface area contributed by atoms with Crippen molar-refractivity contribution < 1.29 is 38.0 Å². The number of carbonyl (C=O) groups is 2. The van der Waals surface area contributed by atoms with E-state index in [0.717, 1.165) is 80.0 Å². The second-order valence-electron chi connectivity index (χ2n) is 12.3. The highest BCUT2D eigenvalue weighted by Crippen LogP contribution is 2.35. The second kappa shape index (κ2) is 20.7. The van der Waals surface area contributed by atoms with Crippen LogP contribution in [-0.2, 0) is 28.5 Å². The van der Waals surface area contributed by atoms with Gasteiger partial charge in [0.15, 0.2) is 12.2 Å². The topological polar surface area (TPSA) is 89.5 Å². The number of benzene rings is 2. The smallest absolute Gasteiger partial charge is 0.330 e. The third-order valence-electron chi connectivity index (χ3n) is 8.03. The molecule has 274 valence electrons. The summed E-state index contributed by atoms with van der Waals surface area (Å²) in [4.78, 5) is 24.1. The Labute approximate surface area is 314 Å². The lowest BCUT2D eigenvalue weighted by Gasteiger charge is -2.29. The summed E-state index contributed by atoms with van der Waals surface area (Å²) < 4.78 is 36.0. The van der Waals surface area contributed by atoms with Crippen molar-refractivity contribution in [3.8, 4) is 22.6 Å². The fraction of sp³-hybridized carbons (Fsp3) is 0.526. The maximum absolute atomic E-state index is 12.1. The third kappa shape index (κ3) is 12.5. The van der Waals surface area contributed by atoms with Gasteiger partial charge in [-0.15, -0.1) is 0 Å². The molecule has 5 unspecified atom stereocenters. The molecule has 2 aliphatic rings. The molecule has 2 saturated heterocycles. The minimum absolute atomic E-state index is 0.166. The summed E-state index contributed by atoms with van der Waals surface area (Å²) in [5.74, 6) is 7.06. The lowest BCUT2D eigenvalue weighted by Crippen LogP contribution is -2.38. The average Bonchev–Trinajstić information content (AvgIpc) is 3.11.